The monoisotopic (exact) mass is 477 g/mol. The molecule has 0 radical (unpaired) electrons. The number of hydrogen-bond acceptors (Lipinski definition) is 8. The van der Waals surface area contributed by atoms with Gasteiger partial charge in [-0.1, -0.05) is 12.1 Å². The molecule has 34 heavy (non-hydrogen) atoms. The number of pyridine rings is 2. The number of nitrogens with zero attached hydrogens (tertiary/aromatic N) is 4. The largest absolute Gasteiger partial charge is 0.481 e. The van der Waals surface area contributed by atoms with Gasteiger partial charge < -0.3 is 20.4 Å². The van der Waals surface area contributed by atoms with E-state index in [1.165, 1.54) is 6.07 Å². The lowest BCUT2D eigenvalue weighted by molar-refractivity contribution is 0.399. The average molecular weight is 478 g/mol. The van der Waals surface area contributed by atoms with Crippen molar-refractivity contribution in [3.63, 3.8) is 0 Å². The molecule has 0 aliphatic heterocycles. The van der Waals surface area contributed by atoms with E-state index in [0.717, 1.165) is 58.0 Å². The maximum absolute atomic E-state index is 13.9. The Morgan fingerprint density at radius 3 is 2.79 bits per heavy atom. The summed E-state index contributed by atoms with van der Waals surface area (Å²) >= 11 is 1.60. The molecule has 0 bridgehead atoms. The van der Waals surface area contributed by atoms with Gasteiger partial charge in [0.1, 0.15) is 17.2 Å². The van der Waals surface area contributed by atoms with Gasteiger partial charge in [-0.2, -0.15) is 4.98 Å². The number of thiazole rings is 1. The number of rotatable bonds is 10. The number of para-hydroxylation sites is 2. The highest BCUT2D eigenvalue weighted by Gasteiger charge is 2.13. The first-order valence-electron chi connectivity index (χ1n) is 11.0. The van der Waals surface area contributed by atoms with Crippen LogP contribution < -0.4 is 15.4 Å². The molecule has 0 aliphatic carbocycles. The Morgan fingerprint density at radius 2 is 1.94 bits per heavy atom. The number of aromatic amines is 1. The molecule has 1 aromatic carbocycles. The van der Waals surface area contributed by atoms with Gasteiger partial charge in [-0.05, 0) is 24.3 Å². The lowest BCUT2D eigenvalue weighted by Crippen LogP contribution is -2.20. The third-order valence-electron chi connectivity index (χ3n) is 5.36. The van der Waals surface area contributed by atoms with E-state index in [2.05, 4.69) is 30.6 Å². The fraction of sp³-hybridized carbons (Fsp3) is 0.250. The van der Waals surface area contributed by atoms with Gasteiger partial charge in [0.25, 0.3) is 0 Å². The number of nitrogens with one attached hydrogen (secondary N) is 3. The Labute approximate surface area is 199 Å². The summed E-state index contributed by atoms with van der Waals surface area (Å²) in [4.78, 5) is 21.3. The van der Waals surface area contributed by atoms with E-state index in [1.807, 2.05) is 30.3 Å². The van der Waals surface area contributed by atoms with E-state index < -0.39 is 0 Å². The smallest absolute Gasteiger partial charge is 0.216 e. The summed E-state index contributed by atoms with van der Waals surface area (Å²) in [5, 5.41) is 7.62. The number of imidazole rings is 1. The third-order valence-corrected chi connectivity index (χ3v) is 6.42. The molecule has 0 unspecified atom stereocenters. The lowest BCUT2D eigenvalue weighted by Gasteiger charge is -2.08. The minimum Gasteiger partial charge on any atom is -0.481 e. The highest BCUT2D eigenvalue weighted by atomic mass is 32.1. The Kier molecular flexibility index (Phi) is 6.59. The zero-order valence-electron chi connectivity index (χ0n) is 18.6. The molecule has 10 heteroatoms. The van der Waals surface area contributed by atoms with Gasteiger partial charge in [0.15, 0.2) is 5.82 Å². The van der Waals surface area contributed by atoms with Crippen molar-refractivity contribution in [2.24, 2.45) is 0 Å². The molecule has 8 nitrogen and oxygen atoms in total. The van der Waals surface area contributed by atoms with Crippen molar-refractivity contribution >= 4 is 38.4 Å². The van der Waals surface area contributed by atoms with Crippen molar-refractivity contribution in [1.82, 2.24) is 30.2 Å². The van der Waals surface area contributed by atoms with Gasteiger partial charge in [-0.25, -0.2) is 14.4 Å². The first-order valence-corrected chi connectivity index (χ1v) is 11.8. The number of fused-ring (bicyclic) bond motifs is 2. The molecule has 0 saturated heterocycles. The van der Waals surface area contributed by atoms with E-state index in [0.29, 0.717) is 17.4 Å². The molecule has 0 atom stereocenters. The molecular formula is C24H24FN7OS. The van der Waals surface area contributed by atoms with Crippen LogP contribution in [0.3, 0.4) is 0 Å². The number of methoxy groups -OCH3 is 1. The summed E-state index contributed by atoms with van der Waals surface area (Å²) in [7, 11) is 1.57. The van der Waals surface area contributed by atoms with Crippen LogP contribution in [0.4, 0.5) is 10.2 Å². The van der Waals surface area contributed by atoms with Crippen LogP contribution in [0.5, 0.6) is 5.88 Å². The van der Waals surface area contributed by atoms with Crippen LogP contribution in [0.15, 0.2) is 48.7 Å². The average Bonchev–Trinajstić information content (AvgIpc) is 3.46. The first kappa shape index (κ1) is 22.2. The van der Waals surface area contributed by atoms with E-state index >= 15 is 0 Å². The molecule has 0 amide bonds. The second kappa shape index (κ2) is 10.1. The molecule has 3 N–H and O–H groups in total. The minimum atomic E-state index is -0.359. The van der Waals surface area contributed by atoms with E-state index in [1.54, 1.807) is 30.7 Å². The Balaban J connectivity index is 1.20. The molecule has 0 saturated carbocycles. The lowest BCUT2D eigenvalue weighted by atomic mass is 10.3. The van der Waals surface area contributed by atoms with Crippen molar-refractivity contribution in [3.8, 4) is 5.88 Å². The Morgan fingerprint density at radius 1 is 1.06 bits per heavy atom. The van der Waals surface area contributed by atoms with Gasteiger partial charge in [-0.15, -0.1) is 11.3 Å². The Bertz CT molecular complexity index is 1380. The van der Waals surface area contributed by atoms with Crippen molar-refractivity contribution in [2.75, 3.05) is 25.5 Å². The molecule has 5 aromatic rings. The molecule has 5 rings (SSSR count). The summed E-state index contributed by atoms with van der Waals surface area (Å²) in [6, 6.07) is 12.9. The predicted octanol–water partition coefficient (Wildman–Crippen LogP) is 4.10. The van der Waals surface area contributed by atoms with Gasteiger partial charge in [-0.3, -0.25) is 4.98 Å². The summed E-state index contributed by atoms with van der Waals surface area (Å²) in [5.41, 5.74) is 3.13. The van der Waals surface area contributed by atoms with Crippen molar-refractivity contribution in [2.45, 2.75) is 19.4 Å². The number of H-pyrrole nitrogens is 1. The third kappa shape index (κ3) is 4.97. The number of anilines is 1. The standard InChI is InChI=1S/C24H24FN7OS/c1-33-21-13-19-23(24(31-21)28-14-18-15(25)5-4-10-27-18)32-22(34-19)9-12-26-11-8-20-29-16-6-2-3-7-17(16)30-20/h2-7,10,13,26H,8-9,11-12,14H2,1H3,(H,28,31)(H,29,30). The second-order valence-electron chi connectivity index (χ2n) is 7.70. The van der Waals surface area contributed by atoms with Crippen molar-refractivity contribution in [3.05, 3.63) is 71.0 Å². The molecule has 0 aliphatic rings. The number of aromatic nitrogens is 5. The van der Waals surface area contributed by atoms with Crippen LogP contribution in [0.2, 0.25) is 0 Å². The predicted molar refractivity (Wildman–Crippen MR) is 132 cm³/mol. The highest BCUT2D eigenvalue weighted by molar-refractivity contribution is 7.18. The van der Waals surface area contributed by atoms with Gasteiger partial charge >= 0.3 is 0 Å². The number of halogens is 1. The van der Waals surface area contributed by atoms with Crippen LogP contribution >= 0.6 is 11.3 Å². The van der Waals surface area contributed by atoms with Crippen LogP contribution in [0.1, 0.15) is 16.5 Å². The zero-order valence-corrected chi connectivity index (χ0v) is 19.5. The fourth-order valence-electron chi connectivity index (χ4n) is 3.65. The molecule has 174 valence electrons. The quantitative estimate of drug-likeness (QED) is 0.260. The van der Waals surface area contributed by atoms with Gasteiger partial charge in [0.2, 0.25) is 5.88 Å². The molecule has 0 spiro atoms. The molecule has 0 fully saturated rings. The highest BCUT2D eigenvalue weighted by Crippen LogP contribution is 2.30. The summed E-state index contributed by atoms with van der Waals surface area (Å²) in [6.07, 6.45) is 3.18. The van der Waals surface area contributed by atoms with Crippen LogP contribution in [-0.4, -0.2) is 45.1 Å². The molecule has 4 heterocycles. The number of hydrogen-bond donors (Lipinski definition) is 3. The van der Waals surface area contributed by atoms with Crippen molar-refractivity contribution < 1.29 is 9.13 Å². The summed E-state index contributed by atoms with van der Waals surface area (Å²) in [5.74, 6) is 1.66. The molecular weight excluding hydrogens is 453 g/mol. The molecule has 4 aromatic heterocycles. The minimum absolute atomic E-state index is 0.206. The van der Waals surface area contributed by atoms with Gasteiger partial charge in [0.05, 0.1) is 40.1 Å². The van der Waals surface area contributed by atoms with Crippen LogP contribution in [0.25, 0.3) is 21.3 Å². The maximum Gasteiger partial charge on any atom is 0.216 e. The van der Waals surface area contributed by atoms with E-state index in [9.17, 15) is 4.39 Å². The summed E-state index contributed by atoms with van der Waals surface area (Å²) in [6.45, 7) is 1.83. The summed E-state index contributed by atoms with van der Waals surface area (Å²) < 4.78 is 20.3. The fourth-order valence-corrected chi connectivity index (χ4v) is 4.65. The number of benzene rings is 1. The normalized spacial score (nSPS) is 11.4. The second-order valence-corrected chi connectivity index (χ2v) is 8.82. The first-order chi connectivity index (χ1) is 16.7. The SMILES string of the molecule is COc1cc2sc(CCNCCc3nc4ccccc4[nH]3)nc2c(NCc2ncccc2F)n1. The van der Waals surface area contributed by atoms with Crippen LogP contribution in [-0.2, 0) is 19.4 Å². The van der Waals surface area contributed by atoms with Gasteiger partial charge in [0, 0.05) is 38.2 Å². The van der Waals surface area contributed by atoms with Crippen molar-refractivity contribution in [1.29, 1.82) is 0 Å². The van der Waals surface area contributed by atoms with E-state index in [-0.39, 0.29) is 12.4 Å². The van der Waals surface area contributed by atoms with E-state index in [4.69, 9.17) is 9.72 Å². The Hall–Kier alpha value is -3.63. The topological polar surface area (TPSA) is 101 Å². The zero-order chi connectivity index (χ0) is 23.3. The van der Waals surface area contributed by atoms with Crippen LogP contribution in [0, 0.1) is 5.82 Å². The number of ether oxygens (including phenoxy) is 1. The maximum atomic E-state index is 13.9.